The van der Waals surface area contributed by atoms with Gasteiger partial charge >= 0.3 is 0 Å². The number of nitrogens with zero attached hydrogens (tertiary/aromatic N) is 1. The normalized spacial score (nSPS) is 16.1. The molecule has 0 amide bonds. The first-order valence-electron chi connectivity index (χ1n) is 5.37. The SMILES string of the molecule is c1ccc(CON=C2CCNCC2)cc1. The van der Waals surface area contributed by atoms with Crippen molar-refractivity contribution in [3.63, 3.8) is 0 Å². The van der Waals surface area contributed by atoms with E-state index in [4.69, 9.17) is 4.84 Å². The van der Waals surface area contributed by atoms with Gasteiger partial charge in [-0.25, -0.2) is 0 Å². The maximum absolute atomic E-state index is 5.32. The van der Waals surface area contributed by atoms with Crippen LogP contribution in [0.2, 0.25) is 0 Å². The van der Waals surface area contributed by atoms with E-state index in [9.17, 15) is 0 Å². The second-order valence-corrected chi connectivity index (χ2v) is 3.67. The number of oxime groups is 1. The maximum Gasteiger partial charge on any atom is 0.142 e. The molecular weight excluding hydrogens is 188 g/mol. The Bertz CT molecular complexity index is 314. The van der Waals surface area contributed by atoms with Gasteiger partial charge in [0.05, 0.1) is 5.71 Å². The molecule has 0 spiro atoms. The van der Waals surface area contributed by atoms with Crippen molar-refractivity contribution in [2.75, 3.05) is 13.1 Å². The Balaban J connectivity index is 1.78. The van der Waals surface area contributed by atoms with Crippen LogP contribution in [0.4, 0.5) is 0 Å². The van der Waals surface area contributed by atoms with E-state index < -0.39 is 0 Å². The minimum Gasteiger partial charge on any atom is -0.391 e. The molecule has 15 heavy (non-hydrogen) atoms. The molecule has 0 bridgehead atoms. The quantitative estimate of drug-likeness (QED) is 0.763. The molecule has 3 nitrogen and oxygen atoms in total. The van der Waals surface area contributed by atoms with Crippen molar-refractivity contribution in [2.45, 2.75) is 19.4 Å². The molecule has 3 heteroatoms. The molecule has 80 valence electrons. The average molecular weight is 204 g/mol. The molecule has 1 aliphatic heterocycles. The fourth-order valence-corrected chi connectivity index (χ4v) is 1.58. The molecule has 1 aromatic carbocycles. The van der Waals surface area contributed by atoms with E-state index in [0.29, 0.717) is 6.61 Å². The van der Waals surface area contributed by atoms with Gasteiger partial charge in [-0.05, 0) is 5.56 Å². The first kappa shape index (κ1) is 10.2. The van der Waals surface area contributed by atoms with E-state index >= 15 is 0 Å². The van der Waals surface area contributed by atoms with Gasteiger partial charge in [-0.3, -0.25) is 0 Å². The van der Waals surface area contributed by atoms with E-state index in [1.165, 1.54) is 5.71 Å². The molecule has 1 heterocycles. The van der Waals surface area contributed by atoms with Gasteiger partial charge in [-0.2, -0.15) is 0 Å². The molecule has 0 unspecified atom stereocenters. The van der Waals surface area contributed by atoms with Crippen LogP contribution in [0.15, 0.2) is 35.5 Å². The molecule has 0 saturated carbocycles. The highest BCUT2D eigenvalue weighted by atomic mass is 16.6. The van der Waals surface area contributed by atoms with E-state index in [0.717, 1.165) is 31.5 Å². The minimum atomic E-state index is 0.567. The van der Waals surface area contributed by atoms with Crippen molar-refractivity contribution in [3.05, 3.63) is 35.9 Å². The highest BCUT2D eigenvalue weighted by Gasteiger charge is 2.05. The molecule has 0 radical (unpaired) electrons. The van der Waals surface area contributed by atoms with Crippen LogP contribution in [0.3, 0.4) is 0 Å². The van der Waals surface area contributed by atoms with Crippen LogP contribution in [0.1, 0.15) is 18.4 Å². The molecule has 0 aliphatic carbocycles. The molecule has 0 atom stereocenters. The van der Waals surface area contributed by atoms with Gasteiger partial charge in [0.15, 0.2) is 0 Å². The number of piperidine rings is 1. The summed E-state index contributed by atoms with van der Waals surface area (Å²) in [6.45, 7) is 2.61. The van der Waals surface area contributed by atoms with E-state index in [-0.39, 0.29) is 0 Å². The largest absolute Gasteiger partial charge is 0.391 e. The summed E-state index contributed by atoms with van der Waals surface area (Å²) in [5, 5.41) is 7.44. The fourth-order valence-electron chi connectivity index (χ4n) is 1.58. The van der Waals surface area contributed by atoms with Crippen LogP contribution in [-0.4, -0.2) is 18.8 Å². The van der Waals surface area contributed by atoms with Crippen molar-refractivity contribution < 1.29 is 4.84 Å². The molecular formula is C12H16N2O. The average Bonchev–Trinajstić information content (AvgIpc) is 2.32. The predicted molar refractivity (Wildman–Crippen MR) is 60.8 cm³/mol. The van der Waals surface area contributed by atoms with E-state index in [1.54, 1.807) is 0 Å². The van der Waals surface area contributed by atoms with Crippen molar-refractivity contribution in [1.82, 2.24) is 5.32 Å². The lowest BCUT2D eigenvalue weighted by atomic mass is 10.1. The third-order valence-corrected chi connectivity index (χ3v) is 2.45. The summed E-state index contributed by atoms with van der Waals surface area (Å²) in [6, 6.07) is 10.1. The second-order valence-electron chi connectivity index (χ2n) is 3.67. The Labute approximate surface area is 90.1 Å². The van der Waals surface area contributed by atoms with Crippen molar-refractivity contribution in [3.8, 4) is 0 Å². The third-order valence-electron chi connectivity index (χ3n) is 2.45. The standard InChI is InChI=1S/C12H16N2O/c1-2-4-11(5-3-1)10-15-14-12-6-8-13-9-7-12/h1-5,13H,6-10H2. The lowest BCUT2D eigenvalue weighted by molar-refractivity contribution is 0.129. The Morgan fingerprint density at radius 2 is 1.87 bits per heavy atom. The maximum atomic E-state index is 5.32. The van der Waals surface area contributed by atoms with Gasteiger partial charge in [-0.1, -0.05) is 35.5 Å². The number of hydrogen-bond donors (Lipinski definition) is 1. The van der Waals surface area contributed by atoms with Crippen LogP contribution in [0.25, 0.3) is 0 Å². The molecule has 1 aromatic rings. The number of nitrogens with one attached hydrogen (secondary N) is 1. The zero-order valence-electron chi connectivity index (χ0n) is 8.78. The Kier molecular flexibility index (Phi) is 3.74. The Morgan fingerprint density at radius 1 is 1.13 bits per heavy atom. The van der Waals surface area contributed by atoms with E-state index in [2.05, 4.69) is 10.5 Å². The zero-order chi connectivity index (χ0) is 10.3. The van der Waals surface area contributed by atoms with Crippen LogP contribution in [-0.2, 0) is 11.4 Å². The van der Waals surface area contributed by atoms with Crippen LogP contribution in [0.5, 0.6) is 0 Å². The highest BCUT2D eigenvalue weighted by molar-refractivity contribution is 5.84. The summed E-state index contributed by atoms with van der Waals surface area (Å²) < 4.78 is 0. The molecule has 1 aliphatic rings. The number of hydrogen-bond acceptors (Lipinski definition) is 3. The van der Waals surface area contributed by atoms with Gasteiger partial charge in [0.25, 0.3) is 0 Å². The summed E-state index contributed by atoms with van der Waals surface area (Å²) >= 11 is 0. The first-order chi connectivity index (χ1) is 7.45. The molecule has 1 fully saturated rings. The van der Waals surface area contributed by atoms with Crippen molar-refractivity contribution in [2.24, 2.45) is 5.16 Å². The summed E-state index contributed by atoms with van der Waals surface area (Å²) in [5.74, 6) is 0. The van der Waals surface area contributed by atoms with Crippen molar-refractivity contribution in [1.29, 1.82) is 0 Å². The molecule has 1 saturated heterocycles. The van der Waals surface area contributed by atoms with Crippen molar-refractivity contribution >= 4 is 5.71 Å². The summed E-state index contributed by atoms with van der Waals surface area (Å²) in [7, 11) is 0. The topological polar surface area (TPSA) is 33.6 Å². The highest BCUT2D eigenvalue weighted by Crippen LogP contribution is 2.03. The van der Waals surface area contributed by atoms with Crippen LogP contribution >= 0.6 is 0 Å². The fraction of sp³-hybridized carbons (Fsp3) is 0.417. The Hall–Kier alpha value is -1.35. The first-order valence-corrected chi connectivity index (χ1v) is 5.37. The third kappa shape index (κ3) is 3.36. The van der Waals surface area contributed by atoms with Crippen LogP contribution < -0.4 is 5.32 Å². The predicted octanol–water partition coefficient (Wildman–Crippen LogP) is 1.94. The monoisotopic (exact) mass is 204 g/mol. The second kappa shape index (κ2) is 5.51. The number of rotatable bonds is 3. The zero-order valence-corrected chi connectivity index (χ0v) is 8.78. The molecule has 2 rings (SSSR count). The number of benzene rings is 1. The summed E-state index contributed by atoms with van der Waals surface area (Å²) in [6.07, 6.45) is 2.02. The summed E-state index contributed by atoms with van der Waals surface area (Å²) in [4.78, 5) is 5.32. The summed E-state index contributed by atoms with van der Waals surface area (Å²) in [5.41, 5.74) is 2.33. The van der Waals surface area contributed by atoms with Gasteiger partial charge in [0.2, 0.25) is 0 Å². The Morgan fingerprint density at radius 3 is 2.60 bits per heavy atom. The van der Waals surface area contributed by atoms with Gasteiger partial charge in [-0.15, -0.1) is 0 Å². The lowest BCUT2D eigenvalue weighted by Gasteiger charge is -2.13. The van der Waals surface area contributed by atoms with Gasteiger partial charge < -0.3 is 10.2 Å². The lowest BCUT2D eigenvalue weighted by Crippen LogP contribution is -2.27. The van der Waals surface area contributed by atoms with E-state index in [1.807, 2.05) is 30.3 Å². The minimum absolute atomic E-state index is 0.567. The molecule has 1 N–H and O–H groups in total. The smallest absolute Gasteiger partial charge is 0.142 e. The van der Waals surface area contributed by atoms with Gasteiger partial charge in [0.1, 0.15) is 6.61 Å². The van der Waals surface area contributed by atoms with Crippen LogP contribution in [0, 0.1) is 0 Å². The molecule has 0 aromatic heterocycles. The van der Waals surface area contributed by atoms with Gasteiger partial charge in [0, 0.05) is 25.9 Å².